The van der Waals surface area contributed by atoms with E-state index in [-0.39, 0.29) is 6.42 Å². The second kappa shape index (κ2) is 5.38. The van der Waals surface area contributed by atoms with Gasteiger partial charge in [-0.1, -0.05) is 29.8 Å². The average Bonchev–Trinajstić information content (AvgIpc) is 2.07. The minimum atomic E-state index is -2.18. The molecule has 5 heteroatoms. The van der Waals surface area contributed by atoms with Gasteiger partial charge in [0.2, 0.25) is 0 Å². The van der Waals surface area contributed by atoms with Crippen LogP contribution in [-0.4, -0.2) is 5.97 Å². The Morgan fingerprint density at radius 2 is 2.07 bits per heavy atom. The van der Waals surface area contributed by atoms with Crippen LogP contribution in [0.15, 0.2) is 24.3 Å². The highest BCUT2D eigenvalue weighted by Gasteiger charge is 2.09. The quantitative estimate of drug-likeness (QED) is 0.748. The van der Waals surface area contributed by atoms with Crippen molar-refractivity contribution in [2.75, 3.05) is 0 Å². The molecule has 1 aromatic rings. The van der Waals surface area contributed by atoms with Crippen molar-refractivity contribution in [2.45, 2.75) is 13.3 Å². The largest absolute Gasteiger partial charge is 0.409 e. The number of hydrogen-bond acceptors (Lipinski definition) is 2. The van der Waals surface area contributed by atoms with Crippen LogP contribution in [0.25, 0.3) is 0 Å². The van der Waals surface area contributed by atoms with E-state index in [1.807, 2.05) is 40.1 Å². The molecule has 0 N–H and O–H groups in total. The molecular weight excluding hydrogens is 221 g/mol. The van der Waals surface area contributed by atoms with Gasteiger partial charge in [0.25, 0.3) is 8.15 Å². The van der Waals surface area contributed by atoms with Crippen LogP contribution in [0.3, 0.4) is 0 Å². The molecule has 76 valence electrons. The monoisotopic (exact) mass is 232 g/mol. The Hall–Kier alpha value is -0.520. The van der Waals surface area contributed by atoms with E-state index < -0.39 is 14.1 Å². The van der Waals surface area contributed by atoms with E-state index in [2.05, 4.69) is 4.52 Å². The van der Waals surface area contributed by atoms with E-state index in [1.54, 1.807) is 0 Å². The maximum atomic E-state index is 12.3. The van der Waals surface area contributed by atoms with Crippen LogP contribution in [-0.2, 0) is 15.7 Å². The number of aryl methyl sites for hydroxylation is 1. The van der Waals surface area contributed by atoms with Crippen LogP contribution in [0.5, 0.6) is 0 Å². The van der Waals surface area contributed by atoms with Gasteiger partial charge < -0.3 is 4.52 Å². The molecule has 14 heavy (non-hydrogen) atoms. The lowest BCUT2D eigenvalue weighted by Gasteiger charge is -2.03. The Kier molecular flexibility index (Phi) is 4.44. The highest BCUT2D eigenvalue weighted by molar-refractivity contribution is 8.08. The number of carbonyl (C=O) groups is 1. The summed E-state index contributed by atoms with van der Waals surface area (Å²) in [5.41, 5.74) is 1.96. The third kappa shape index (κ3) is 4.13. The maximum Gasteiger partial charge on any atom is 0.315 e. The number of halogens is 1. The molecule has 0 bridgehead atoms. The van der Waals surface area contributed by atoms with Crippen LogP contribution in [0.4, 0.5) is 4.20 Å². The zero-order valence-corrected chi connectivity index (χ0v) is 9.78. The number of benzene rings is 1. The Bertz CT molecular complexity index is 311. The first-order chi connectivity index (χ1) is 6.58. The summed E-state index contributed by atoms with van der Waals surface area (Å²) in [5.74, 6) is -0.530. The normalized spacial score (nSPS) is 12.2. The first-order valence-electron chi connectivity index (χ1n) is 4.05. The predicted molar refractivity (Wildman–Crippen MR) is 58.7 cm³/mol. The second-order valence-corrected chi connectivity index (χ2v) is 4.84. The highest BCUT2D eigenvalue weighted by Crippen LogP contribution is 2.47. The third-order valence-corrected chi connectivity index (χ3v) is 2.35. The van der Waals surface area contributed by atoms with Gasteiger partial charge in [0.1, 0.15) is 0 Å². The standard InChI is InChI=1S/C9H11FO2P2/c1-7-2-4-8(5-3-7)6-9(11)12-14(10)13/h2-5H,6,13H2,1H3. The van der Waals surface area contributed by atoms with Crippen molar-refractivity contribution in [2.24, 2.45) is 0 Å². The summed E-state index contributed by atoms with van der Waals surface area (Å²) in [4.78, 5) is 11.0. The number of rotatable bonds is 3. The lowest BCUT2D eigenvalue weighted by Crippen LogP contribution is -2.02. The number of hydrogen-bond donors (Lipinski definition) is 0. The van der Waals surface area contributed by atoms with Gasteiger partial charge in [0.15, 0.2) is 0 Å². The summed E-state index contributed by atoms with van der Waals surface area (Å²) >= 11 is 0. The smallest absolute Gasteiger partial charge is 0.315 e. The van der Waals surface area contributed by atoms with Crippen molar-refractivity contribution in [3.63, 3.8) is 0 Å². The predicted octanol–water partition coefficient (Wildman–Crippen LogP) is 3.15. The first-order valence-corrected chi connectivity index (χ1v) is 6.82. The number of carbonyl (C=O) groups excluding carboxylic acids is 1. The minimum Gasteiger partial charge on any atom is -0.409 e. The van der Waals surface area contributed by atoms with Crippen molar-refractivity contribution in [1.82, 2.24) is 0 Å². The molecule has 0 saturated heterocycles. The minimum absolute atomic E-state index is 0.122. The molecule has 2 unspecified atom stereocenters. The van der Waals surface area contributed by atoms with E-state index in [0.29, 0.717) is 0 Å². The fourth-order valence-electron chi connectivity index (χ4n) is 1.00. The molecule has 0 aliphatic heterocycles. The van der Waals surface area contributed by atoms with Crippen LogP contribution < -0.4 is 0 Å². The summed E-state index contributed by atoms with van der Waals surface area (Å²) in [6.45, 7) is 1.96. The van der Waals surface area contributed by atoms with Crippen molar-refractivity contribution in [1.29, 1.82) is 0 Å². The van der Waals surface area contributed by atoms with Gasteiger partial charge in [0, 0.05) is 0 Å². The Morgan fingerprint density at radius 3 is 2.57 bits per heavy atom. The van der Waals surface area contributed by atoms with Crippen molar-refractivity contribution >= 4 is 23.0 Å². The molecule has 1 rings (SSSR count). The van der Waals surface area contributed by atoms with Gasteiger partial charge in [-0.2, -0.15) is 4.20 Å². The molecule has 0 spiro atoms. The van der Waals surface area contributed by atoms with Crippen LogP contribution in [0.1, 0.15) is 11.1 Å². The fourth-order valence-corrected chi connectivity index (χ4v) is 1.61. The van der Waals surface area contributed by atoms with Crippen LogP contribution in [0, 0.1) is 6.92 Å². The maximum absolute atomic E-state index is 12.3. The van der Waals surface area contributed by atoms with E-state index in [1.165, 1.54) is 0 Å². The lowest BCUT2D eigenvalue weighted by molar-refractivity contribution is -0.133. The molecular formula is C9H11FO2P2. The summed E-state index contributed by atoms with van der Waals surface area (Å²) in [7, 11) is -0.344. The molecule has 2 nitrogen and oxygen atoms in total. The Morgan fingerprint density at radius 1 is 1.50 bits per heavy atom. The lowest BCUT2D eigenvalue weighted by atomic mass is 10.1. The fraction of sp³-hybridized carbons (Fsp3) is 0.222. The molecule has 0 aliphatic carbocycles. The molecule has 0 saturated carbocycles. The van der Waals surface area contributed by atoms with Crippen molar-refractivity contribution < 1.29 is 13.5 Å². The van der Waals surface area contributed by atoms with Gasteiger partial charge in [-0.15, -0.1) is 0 Å². The zero-order chi connectivity index (χ0) is 10.6. The molecule has 0 heterocycles. The van der Waals surface area contributed by atoms with Gasteiger partial charge >= 0.3 is 5.97 Å². The van der Waals surface area contributed by atoms with Gasteiger partial charge in [-0.3, -0.25) is 4.79 Å². The topological polar surface area (TPSA) is 26.3 Å². The zero-order valence-electron chi connectivity index (χ0n) is 7.74. The summed E-state index contributed by atoms with van der Waals surface area (Å²) < 4.78 is 16.7. The Labute approximate surface area is 85.9 Å². The molecule has 0 aromatic heterocycles. The molecule has 2 atom stereocenters. The highest BCUT2D eigenvalue weighted by atomic mass is 32.0. The van der Waals surface area contributed by atoms with E-state index >= 15 is 0 Å². The second-order valence-electron chi connectivity index (χ2n) is 2.90. The summed E-state index contributed by atoms with van der Waals surface area (Å²) in [6, 6.07) is 7.48. The van der Waals surface area contributed by atoms with E-state index in [0.717, 1.165) is 11.1 Å². The summed E-state index contributed by atoms with van der Waals surface area (Å²) in [5, 5.41) is 0. The van der Waals surface area contributed by atoms with Crippen molar-refractivity contribution in [3.05, 3.63) is 35.4 Å². The molecule has 0 aliphatic rings. The van der Waals surface area contributed by atoms with Crippen molar-refractivity contribution in [3.8, 4) is 0 Å². The summed E-state index contributed by atoms with van der Waals surface area (Å²) in [6.07, 6.45) is 0.122. The molecule has 0 amide bonds. The van der Waals surface area contributed by atoms with Gasteiger partial charge in [-0.25, -0.2) is 0 Å². The van der Waals surface area contributed by atoms with Crippen LogP contribution >= 0.6 is 17.1 Å². The third-order valence-electron chi connectivity index (χ3n) is 1.66. The van der Waals surface area contributed by atoms with Gasteiger partial charge in [0.05, 0.1) is 6.42 Å². The molecule has 0 radical (unpaired) electrons. The van der Waals surface area contributed by atoms with E-state index in [4.69, 9.17) is 0 Å². The first kappa shape index (κ1) is 11.6. The Balaban J connectivity index is 2.52. The van der Waals surface area contributed by atoms with Gasteiger partial charge in [-0.05, 0) is 21.4 Å². The van der Waals surface area contributed by atoms with E-state index in [9.17, 15) is 8.99 Å². The van der Waals surface area contributed by atoms with Crippen LogP contribution in [0.2, 0.25) is 0 Å². The average molecular weight is 232 g/mol. The SMILES string of the molecule is Cc1ccc(CC(=O)OP(F)P)cc1. The molecule has 1 aromatic carbocycles. The molecule has 0 fully saturated rings.